The van der Waals surface area contributed by atoms with Gasteiger partial charge in [-0.3, -0.25) is 9.59 Å². The number of hydrogen-bond acceptors (Lipinski definition) is 3. The zero-order chi connectivity index (χ0) is 18.7. The van der Waals surface area contributed by atoms with Crippen molar-refractivity contribution in [1.82, 2.24) is 0 Å². The second-order valence-corrected chi connectivity index (χ2v) is 6.90. The van der Waals surface area contributed by atoms with Crippen molar-refractivity contribution in [3.8, 4) is 5.75 Å². The first-order valence-corrected chi connectivity index (χ1v) is 8.95. The minimum Gasteiger partial charge on any atom is -0.489 e. The molecular formula is C19H17Cl2NO4. The SMILES string of the molecule is O=C(Nc1ccccc1)c1ccc(O[C@H]2CC[C@H](C(=O)O)C2)c(Cl)c1Cl. The van der Waals surface area contributed by atoms with Crippen molar-refractivity contribution in [3.05, 3.63) is 58.1 Å². The molecule has 0 aromatic heterocycles. The molecule has 1 aliphatic carbocycles. The molecule has 0 unspecified atom stereocenters. The highest BCUT2D eigenvalue weighted by atomic mass is 35.5. The fourth-order valence-electron chi connectivity index (χ4n) is 2.97. The molecule has 2 atom stereocenters. The molecule has 3 rings (SSSR count). The molecule has 0 aliphatic heterocycles. The monoisotopic (exact) mass is 393 g/mol. The van der Waals surface area contributed by atoms with Crippen molar-refractivity contribution in [2.24, 2.45) is 5.92 Å². The van der Waals surface area contributed by atoms with Crippen molar-refractivity contribution in [2.75, 3.05) is 5.32 Å². The maximum atomic E-state index is 12.4. The summed E-state index contributed by atoms with van der Waals surface area (Å²) < 4.78 is 5.81. The van der Waals surface area contributed by atoms with E-state index in [4.69, 9.17) is 33.0 Å². The summed E-state index contributed by atoms with van der Waals surface area (Å²) in [7, 11) is 0. The lowest BCUT2D eigenvalue weighted by atomic mass is 10.1. The largest absolute Gasteiger partial charge is 0.489 e. The lowest BCUT2D eigenvalue weighted by Crippen LogP contribution is -2.16. The second-order valence-electron chi connectivity index (χ2n) is 6.15. The maximum absolute atomic E-state index is 12.4. The number of hydrogen-bond donors (Lipinski definition) is 2. The molecule has 26 heavy (non-hydrogen) atoms. The van der Waals surface area contributed by atoms with Crippen LogP contribution in [-0.2, 0) is 4.79 Å². The van der Waals surface area contributed by atoms with Gasteiger partial charge in [-0.25, -0.2) is 0 Å². The van der Waals surface area contributed by atoms with Gasteiger partial charge >= 0.3 is 5.97 Å². The summed E-state index contributed by atoms with van der Waals surface area (Å²) >= 11 is 12.5. The topological polar surface area (TPSA) is 75.6 Å². The van der Waals surface area contributed by atoms with Crippen molar-refractivity contribution in [2.45, 2.75) is 25.4 Å². The Labute approximate surface area is 160 Å². The number of rotatable bonds is 5. The van der Waals surface area contributed by atoms with Crippen LogP contribution in [0.3, 0.4) is 0 Å². The Morgan fingerprint density at radius 3 is 2.42 bits per heavy atom. The van der Waals surface area contributed by atoms with Crippen LogP contribution in [0.1, 0.15) is 29.6 Å². The minimum atomic E-state index is -0.812. The lowest BCUT2D eigenvalue weighted by Gasteiger charge is -2.16. The van der Waals surface area contributed by atoms with Crippen LogP contribution in [0.15, 0.2) is 42.5 Å². The number of benzene rings is 2. The summed E-state index contributed by atoms with van der Waals surface area (Å²) in [5, 5.41) is 12.1. The third-order valence-electron chi connectivity index (χ3n) is 4.35. The number of anilines is 1. The van der Waals surface area contributed by atoms with Gasteiger partial charge in [0, 0.05) is 5.69 Å². The molecule has 1 saturated carbocycles. The normalized spacial score (nSPS) is 19.2. The van der Waals surface area contributed by atoms with Crippen LogP contribution in [0.25, 0.3) is 0 Å². The van der Waals surface area contributed by atoms with Crippen LogP contribution >= 0.6 is 23.2 Å². The highest BCUT2D eigenvalue weighted by Crippen LogP contribution is 2.38. The molecule has 0 saturated heterocycles. The quantitative estimate of drug-likeness (QED) is 0.758. The van der Waals surface area contributed by atoms with Gasteiger partial charge in [-0.05, 0) is 43.5 Å². The smallest absolute Gasteiger partial charge is 0.306 e. The molecule has 2 aromatic carbocycles. The van der Waals surface area contributed by atoms with Gasteiger partial charge in [0.05, 0.1) is 22.6 Å². The highest BCUT2D eigenvalue weighted by Gasteiger charge is 2.31. The molecule has 1 aliphatic rings. The van der Waals surface area contributed by atoms with E-state index in [9.17, 15) is 9.59 Å². The first-order valence-electron chi connectivity index (χ1n) is 8.19. The Kier molecular flexibility index (Phi) is 5.69. The fraction of sp³-hybridized carbons (Fsp3) is 0.263. The van der Waals surface area contributed by atoms with E-state index in [1.54, 1.807) is 24.3 Å². The number of amides is 1. The van der Waals surface area contributed by atoms with E-state index >= 15 is 0 Å². The Morgan fingerprint density at radius 1 is 1.04 bits per heavy atom. The number of carboxylic acids is 1. The second kappa shape index (κ2) is 7.98. The fourth-order valence-corrected chi connectivity index (χ4v) is 3.42. The summed E-state index contributed by atoms with van der Waals surface area (Å²) in [6, 6.07) is 12.1. The molecule has 5 nitrogen and oxygen atoms in total. The number of aliphatic carboxylic acids is 1. The predicted molar refractivity (Wildman–Crippen MR) is 100 cm³/mol. The molecule has 1 amide bonds. The van der Waals surface area contributed by atoms with Gasteiger partial charge in [-0.1, -0.05) is 41.4 Å². The molecule has 7 heteroatoms. The van der Waals surface area contributed by atoms with Gasteiger partial charge in [0.15, 0.2) is 0 Å². The molecule has 0 radical (unpaired) electrons. The Hall–Kier alpha value is -2.24. The minimum absolute atomic E-state index is 0.102. The van der Waals surface area contributed by atoms with Gasteiger partial charge in [-0.15, -0.1) is 0 Å². The van der Waals surface area contributed by atoms with Crippen LogP contribution in [-0.4, -0.2) is 23.1 Å². The highest BCUT2D eigenvalue weighted by molar-refractivity contribution is 6.45. The van der Waals surface area contributed by atoms with E-state index in [0.29, 0.717) is 30.7 Å². The van der Waals surface area contributed by atoms with Gasteiger partial charge in [0.2, 0.25) is 0 Å². The van der Waals surface area contributed by atoms with E-state index in [1.165, 1.54) is 0 Å². The van der Waals surface area contributed by atoms with Crippen LogP contribution in [0.5, 0.6) is 5.75 Å². The van der Waals surface area contributed by atoms with Gasteiger partial charge in [0.25, 0.3) is 5.91 Å². The van der Waals surface area contributed by atoms with Crippen LogP contribution in [0.2, 0.25) is 10.0 Å². The number of para-hydroxylation sites is 1. The summed E-state index contributed by atoms with van der Waals surface area (Å²) in [5.74, 6) is -1.23. The molecule has 2 aromatic rings. The molecule has 2 N–H and O–H groups in total. The number of carbonyl (C=O) groups is 2. The lowest BCUT2D eigenvalue weighted by molar-refractivity contribution is -0.141. The number of halogens is 2. The van der Waals surface area contributed by atoms with Crippen molar-refractivity contribution >= 4 is 40.8 Å². The number of carbonyl (C=O) groups excluding carboxylic acids is 1. The molecule has 136 valence electrons. The maximum Gasteiger partial charge on any atom is 0.306 e. The van der Waals surface area contributed by atoms with Crippen molar-refractivity contribution in [1.29, 1.82) is 0 Å². The first kappa shape index (κ1) is 18.5. The Bertz CT molecular complexity index is 826. The number of ether oxygens (including phenoxy) is 1. The predicted octanol–water partition coefficient (Wildman–Crippen LogP) is 4.88. The van der Waals surface area contributed by atoms with Gasteiger partial charge in [-0.2, -0.15) is 0 Å². The van der Waals surface area contributed by atoms with Crippen molar-refractivity contribution in [3.63, 3.8) is 0 Å². The summed E-state index contributed by atoms with van der Waals surface area (Å²) in [5.41, 5.74) is 0.887. The Balaban J connectivity index is 1.72. The molecular weight excluding hydrogens is 377 g/mol. The van der Waals surface area contributed by atoms with Gasteiger partial charge < -0.3 is 15.2 Å². The first-order chi connectivity index (χ1) is 12.5. The molecule has 1 fully saturated rings. The average molecular weight is 394 g/mol. The van der Waals surface area contributed by atoms with E-state index < -0.39 is 11.9 Å². The standard InChI is InChI=1S/C19H17Cl2NO4/c20-16-14(18(23)22-12-4-2-1-3-5-12)8-9-15(17(16)21)26-13-7-6-11(10-13)19(24)25/h1-5,8-9,11,13H,6-7,10H2,(H,22,23)(H,24,25)/t11-,13-/m0/s1. The number of nitrogens with one attached hydrogen (secondary N) is 1. The third-order valence-corrected chi connectivity index (χ3v) is 5.22. The van der Waals surface area contributed by atoms with Crippen LogP contribution < -0.4 is 10.1 Å². The van der Waals surface area contributed by atoms with E-state index in [1.807, 2.05) is 18.2 Å². The average Bonchev–Trinajstić information content (AvgIpc) is 3.09. The molecule has 0 heterocycles. The van der Waals surface area contributed by atoms with Crippen LogP contribution in [0.4, 0.5) is 5.69 Å². The van der Waals surface area contributed by atoms with E-state index in [-0.39, 0.29) is 27.6 Å². The zero-order valence-corrected chi connectivity index (χ0v) is 15.3. The van der Waals surface area contributed by atoms with E-state index in [0.717, 1.165) is 0 Å². The van der Waals surface area contributed by atoms with E-state index in [2.05, 4.69) is 5.32 Å². The van der Waals surface area contributed by atoms with Gasteiger partial charge in [0.1, 0.15) is 10.8 Å². The summed E-state index contributed by atoms with van der Waals surface area (Å²) in [6.07, 6.45) is 1.41. The van der Waals surface area contributed by atoms with Crippen molar-refractivity contribution < 1.29 is 19.4 Å². The number of carboxylic acid groups (broad SMARTS) is 1. The zero-order valence-electron chi connectivity index (χ0n) is 13.7. The Morgan fingerprint density at radius 2 is 1.77 bits per heavy atom. The third kappa shape index (κ3) is 4.11. The molecule has 0 spiro atoms. The van der Waals surface area contributed by atoms with Crippen LogP contribution in [0, 0.1) is 5.92 Å². The molecule has 0 bridgehead atoms. The summed E-state index contributed by atoms with van der Waals surface area (Å²) in [6.45, 7) is 0. The summed E-state index contributed by atoms with van der Waals surface area (Å²) in [4.78, 5) is 23.4.